The lowest BCUT2D eigenvalue weighted by atomic mass is 10.0. The number of carboxylic acids is 1. The van der Waals surface area contributed by atoms with Crippen LogP contribution >= 0.6 is 0 Å². The number of hydrogen-bond acceptors (Lipinski definition) is 3. The largest absolute Gasteiger partial charge is 0.480 e. The van der Waals surface area contributed by atoms with E-state index in [1.54, 1.807) is 0 Å². The summed E-state index contributed by atoms with van der Waals surface area (Å²) in [6, 6.07) is 8.14. The molecule has 1 aromatic carbocycles. The first-order valence-corrected chi connectivity index (χ1v) is 9.71. The van der Waals surface area contributed by atoms with Crippen molar-refractivity contribution in [1.82, 2.24) is 9.80 Å². The number of rotatable bonds is 5. The van der Waals surface area contributed by atoms with Gasteiger partial charge in [0.25, 0.3) is 0 Å². The van der Waals surface area contributed by atoms with E-state index in [4.69, 9.17) is 5.11 Å². The molecule has 0 spiro atoms. The summed E-state index contributed by atoms with van der Waals surface area (Å²) in [5.74, 6) is -0.633. The van der Waals surface area contributed by atoms with Crippen molar-refractivity contribution in [2.24, 2.45) is 5.92 Å². The van der Waals surface area contributed by atoms with Crippen LogP contribution in [0.5, 0.6) is 0 Å². The van der Waals surface area contributed by atoms with Gasteiger partial charge in [-0.1, -0.05) is 24.3 Å². The minimum absolute atomic E-state index is 0.0607. The molecule has 3 rings (SSSR count). The van der Waals surface area contributed by atoms with Crippen molar-refractivity contribution < 1.29 is 19.5 Å². The number of carbonyl (C=O) groups excluding carboxylic acids is 2. The summed E-state index contributed by atoms with van der Waals surface area (Å²) in [4.78, 5) is 39.2. The molecule has 1 heterocycles. The first-order chi connectivity index (χ1) is 12.9. The zero-order valence-corrected chi connectivity index (χ0v) is 16.1. The summed E-state index contributed by atoms with van der Waals surface area (Å²) in [5, 5.41) is 9.06. The highest BCUT2D eigenvalue weighted by Gasteiger charge is 2.46. The van der Waals surface area contributed by atoms with Crippen LogP contribution in [0.15, 0.2) is 24.3 Å². The zero-order chi connectivity index (χ0) is 19.6. The fraction of sp³-hybridized carbons (Fsp3) is 0.571. The van der Waals surface area contributed by atoms with Gasteiger partial charge in [-0.15, -0.1) is 0 Å². The number of aryl methyl sites for hydroxylation is 1. The molecule has 0 bridgehead atoms. The fourth-order valence-electron chi connectivity index (χ4n) is 4.30. The highest BCUT2D eigenvalue weighted by atomic mass is 16.4. The molecule has 2 amide bonds. The molecule has 0 radical (unpaired) electrons. The Balaban J connectivity index is 1.60. The second kappa shape index (κ2) is 8.11. The van der Waals surface area contributed by atoms with Gasteiger partial charge in [-0.2, -0.15) is 0 Å². The summed E-state index contributed by atoms with van der Waals surface area (Å²) in [5.41, 5.74) is 2.51. The predicted molar refractivity (Wildman–Crippen MR) is 101 cm³/mol. The van der Waals surface area contributed by atoms with Gasteiger partial charge in [0.2, 0.25) is 11.8 Å². The summed E-state index contributed by atoms with van der Waals surface area (Å²) in [7, 11) is 0. The number of nitrogens with zero attached hydrogens (tertiary/aromatic N) is 2. The van der Waals surface area contributed by atoms with Gasteiger partial charge in [0, 0.05) is 32.0 Å². The number of amides is 2. The van der Waals surface area contributed by atoms with E-state index >= 15 is 0 Å². The van der Waals surface area contributed by atoms with Gasteiger partial charge in [0.15, 0.2) is 0 Å². The quantitative estimate of drug-likeness (QED) is 0.861. The number of benzene rings is 1. The van der Waals surface area contributed by atoms with Gasteiger partial charge >= 0.3 is 5.97 Å². The summed E-state index contributed by atoms with van der Waals surface area (Å²) < 4.78 is 0. The van der Waals surface area contributed by atoms with Crippen molar-refractivity contribution in [3.63, 3.8) is 0 Å². The van der Waals surface area contributed by atoms with Crippen LogP contribution in [0.25, 0.3) is 0 Å². The number of hydrogen-bond donors (Lipinski definition) is 1. The number of carbonyl (C=O) groups is 3. The lowest BCUT2D eigenvalue weighted by Crippen LogP contribution is -2.43. The van der Waals surface area contributed by atoms with E-state index in [0.29, 0.717) is 25.4 Å². The van der Waals surface area contributed by atoms with Crippen LogP contribution < -0.4 is 0 Å². The minimum Gasteiger partial charge on any atom is -0.480 e. The van der Waals surface area contributed by atoms with Crippen LogP contribution in [0.1, 0.15) is 49.7 Å². The molecule has 3 atom stereocenters. The van der Waals surface area contributed by atoms with E-state index in [9.17, 15) is 14.4 Å². The molecule has 1 N–H and O–H groups in total. The van der Waals surface area contributed by atoms with Crippen molar-refractivity contribution in [3.05, 3.63) is 35.4 Å². The van der Waals surface area contributed by atoms with E-state index in [1.807, 2.05) is 17.0 Å². The highest BCUT2D eigenvalue weighted by molar-refractivity contribution is 5.83. The topological polar surface area (TPSA) is 77.9 Å². The third kappa shape index (κ3) is 4.49. The SMILES string of the molecule is CC(=O)N(CC(=O)O)[C@@H]1CCCN(C(=O)[C@H]2C[C@@H]2c2ccccc2C)CC1. The maximum Gasteiger partial charge on any atom is 0.323 e. The van der Waals surface area contributed by atoms with Gasteiger partial charge in [-0.05, 0) is 49.7 Å². The lowest BCUT2D eigenvalue weighted by Gasteiger charge is -2.29. The van der Waals surface area contributed by atoms with Crippen molar-refractivity contribution in [1.29, 1.82) is 0 Å². The van der Waals surface area contributed by atoms with Crippen LogP contribution in [-0.2, 0) is 14.4 Å². The molecule has 27 heavy (non-hydrogen) atoms. The Kier molecular flexibility index (Phi) is 5.82. The maximum absolute atomic E-state index is 12.9. The van der Waals surface area contributed by atoms with Gasteiger partial charge in [0.1, 0.15) is 6.54 Å². The molecule has 6 heteroatoms. The molecule has 0 aromatic heterocycles. The van der Waals surface area contributed by atoms with E-state index in [-0.39, 0.29) is 30.3 Å². The van der Waals surface area contributed by atoms with Gasteiger partial charge in [-0.3, -0.25) is 14.4 Å². The minimum atomic E-state index is -0.999. The molecule has 146 valence electrons. The third-order valence-electron chi connectivity index (χ3n) is 5.86. The first-order valence-electron chi connectivity index (χ1n) is 9.71. The van der Waals surface area contributed by atoms with E-state index in [2.05, 4.69) is 19.1 Å². The number of carboxylic acid groups (broad SMARTS) is 1. The van der Waals surface area contributed by atoms with Crippen molar-refractivity contribution in [2.45, 2.75) is 51.5 Å². The Bertz CT molecular complexity index is 733. The van der Waals surface area contributed by atoms with Crippen molar-refractivity contribution in [3.8, 4) is 0 Å². The summed E-state index contributed by atoms with van der Waals surface area (Å²) in [6.07, 6.45) is 3.08. The van der Waals surface area contributed by atoms with E-state index in [0.717, 1.165) is 19.3 Å². The Morgan fingerprint density at radius 1 is 1.19 bits per heavy atom. The zero-order valence-electron chi connectivity index (χ0n) is 16.1. The normalized spacial score (nSPS) is 24.8. The Morgan fingerprint density at radius 2 is 1.93 bits per heavy atom. The van der Waals surface area contributed by atoms with Crippen molar-refractivity contribution >= 4 is 17.8 Å². The average Bonchev–Trinajstić information content (AvgIpc) is 3.43. The molecule has 1 aliphatic heterocycles. The molecule has 1 saturated heterocycles. The van der Waals surface area contributed by atoms with Crippen LogP contribution in [0.2, 0.25) is 0 Å². The lowest BCUT2D eigenvalue weighted by molar-refractivity contribution is -0.145. The molecular formula is C21H28N2O4. The van der Waals surface area contributed by atoms with Crippen LogP contribution in [0.4, 0.5) is 0 Å². The predicted octanol–water partition coefficient (Wildman–Crippen LogP) is 2.41. The third-order valence-corrected chi connectivity index (χ3v) is 5.86. The van der Waals surface area contributed by atoms with Crippen LogP contribution in [0.3, 0.4) is 0 Å². The molecule has 1 aromatic rings. The first kappa shape index (κ1) is 19.4. The number of aliphatic carboxylic acids is 1. The monoisotopic (exact) mass is 372 g/mol. The maximum atomic E-state index is 12.9. The Labute approximate surface area is 160 Å². The summed E-state index contributed by atoms with van der Waals surface area (Å²) in [6.45, 7) is 4.50. The Morgan fingerprint density at radius 3 is 2.59 bits per heavy atom. The van der Waals surface area contributed by atoms with Gasteiger partial charge in [-0.25, -0.2) is 0 Å². The molecule has 1 saturated carbocycles. The van der Waals surface area contributed by atoms with Crippen LogP contribution in [-0.4, -0.2) is 58.4 Å². The number of likely N-dealkylation sites (tertiary alicyclic amines) is 1. The van der Waals surface area contributed by atoms with E-state index in [1.165, 1.54) is 23.0 Å². The van der Waals surface area contributed by atoms with Gasteiger partial charge < -0.3 is 14.9 Å². The van der Waals surface area contributed by atoms with E-state index < -0.39 is 5.97 Å². The molecular weight excluding hydrogens is 344 g/mol. The molecule has 0 unspecified atom stereocenters. The van der Waals surface area contributed by atoms with Crippen LogP contribution in [0, 0.1) is 12.8 Å². The van der Waals surface area contributed by atoms with Crippen molar-refractivity contribution in [2.75, 3.05) is 19.6 Å². The average molecular weight is 372 g/mol. The summed E-state index contributed by atoms with van der Waals surface area (Å²) >= 11 is 0. The smallest absolute Gasteiger partial charge is 0.323 e. The fourth-order valence-corrected chi connectivity index (χ4v) is 4.30. The molecule has 2 aliphatic rings. The molecule has 2 fully saturated rings. The van der Waals surface area contributed by atoms with Gasteiger partial charge in [0.05, 0.1) is 0 Å². The molecule has 1 aliphatic carbocycles. The highest BCUT2D eigenvalue weighted by Crippen LogP contribution is 2.49. The Hall–Kier alpha value is -2.37. The second-order valence-electron chi connectivity index (χ2n) is 7.76. The standard InChI is InChI=1S/C21H28N2O4/c1-14-6-3-4-8-17(14)18-12-19(18)21(27)22-10-5-7-16(9-11-22)23(15(2)24)13-20(25)26/h3-4,6,8,16,18-19H,5,7,9-13H2,1-2H3,(H,25,26)/t16-,18-,19+/m1/s1. The molecule has 6 nitrogen and oxygen atoms in total. The second-order valence-corrected chi connectivity index (χ2v) is 7.76.